The van der Waals surface area contributed by atoms with Crippen LogP contribution in [-0.4, -0.2) is 33.8 Å². The van der Waals surface area contributed by atoms with E-state index in [1.54, 1.807) is 18.3 Å². The lowest BCUT2D eigenvalue weighted by atomic mass is 9.95. The van der Waals surface area contributed by atoms with Crippen molar-refractivity contribution < 1.29 is 9.72 Å². The van der Waals surface area contributed by atoms with E-state index in [9.17, 15) is 14.9 Å². The molecule has 0 saturated carbocycles. The number of hydrogen-bond acceptors (Lipinski definition) is 5. The molecule has 1 saturated heterocycles. The van der Waals surface area contributed by atoms with Gasteiger partial charge in [-0.1, -0.05) is 18.2 Å². The maximum Gasteiger partial charge on any atom is 0.269 e. The largest absolute Gasteiger partial charge is 0.310 e. The van der Waals surface area contributed by atoms with Gasteiger partial charge in [0.05, 0.1) is 4.92 Å². The SMILES string of the molecule is Cc1ccc(NC(=O)C2CCN(Cc3ccc([N+](=O)[O-])cc3)CC2)nc1. The number of piperidine rings is 1. The van der Waals surface area contributed by atoms with Crippen molar-refractivity contribution >= 4 is 17.4 Å². The first-order valence-corrected chi connectivity index (χ1v) is 8.70. The van der Waals surface area contributed by atoms with Crippen LogP contribution in [0.1, 0.15) is 24.0 Å². The second kappa shape index (κ2) is 8.05. The summed E-state index contributed by atoms with van der Waals surface area (Å²) in [6.45, 7) is 4.36. The molecule has 1 aromatic heterocycles. The molecule has 7 nitrogen and oxygen atoms in total. The van der Waals surface area contributed by atoms with Gasteiger partial charge in [-0.25, -0.2) is 4.98 Å². The molecule has 7 heteroatoms. The summed E-state index contributed by atoms with van der Waals surface area (Å²) in [5, 5.41) is 13.6. The minimum Gasteiger partial charge on any atom is -0.310 e. The first-order valence-electron chi connectivity index (χ1n) is 8.70. The molecular weight excluding hydrogens is 332 g/mol. The fraction of sp³-hybridized carbons (Fsp3) is 0.368. The van der Waals surface area contributed by atoms with Gasteiger partial charge in [-0.2, -0.15) is 0 Å². The number of rotatable bonds is 5. The number of benzene rings is 1. The number of nitro groups is 1. The summed E-state index contributed by atoms with van der Waals surface area (Å²) in [6.07, 6.45) is 3.33. The van der Waals surface area contributed by atoms with Gasteiger partial charge < -0.3 is 5.32 Å². The van der Waals surface area contributed by atoms with Gasteiger partial charge in [-0.05, 0) is 50.0 Å². The van der Waals surface area contributed by atoms with Crippen molar-refractivity contribution in [2.24, 2.45) is 5.92 Å². The Balaban J connectivity index is 1.48. The van der Waals surface area contributed by atoms with Gasteiger partial charge >= 0.3 is 0 Å². The Morgan fingerprint density at radius 3 is 2.50 bits per heavy atom. The van der Waals surface area contributed by atoms with Crippen molar-refractivity contribution in [2.45, 2.75) is 26.3 Å². The standard InChI is InChI=1S/C19H22N4O3/c1-14-2-7-18(20-12-14)21-19(24)16-8-10-22(11-9-16)13-15-3-5-17(6-4-15)23(25)26/h2-7,12,16H,8-11,13H2,1H3,(H,20,21,24). The third-order valence-corrected chi connectivity index (χ3v) is 4.67. The molecule has 0 bridgehead atoms. The third-order valence-electron chi connectivity index (χ3n) is 4.67. The number of carbonyl (C=O) groups is 1. The van der Waals surface area contributed by atoms with Crippen molar-refractivity contribution in [3.63, 3.8) is 0 Å². The zero-order chi connectivity index (χ0) is 18.5. The Hall–Kier alpha value is -2.80. The quantitative estimate of drug-likeness (QED) is 0.658. The van der Waals surface area contributed by atoms with Crippen LogP contribution in [0.4, 0.5) is 11.5 Å². The van der Waals surface area contributed by atoms with E-state index in [1.807, 2.05) is 19.1 Å². The number of carbonyl (C=O) groups excluding carboxylic acids is 1. The van der Waals surface area contributed by atoms with Gasteiger partial charge in [-0.3, -0.25) is 19.8 Å². The normalized spacial score (nSPS) is 15.6. The van der Waals surface area contributed by atoms with Crippen LogP contribution < -0.4 is 5.32 Å². The number of nitrogens with one attached hydrogen (secondary N) is 1. The van der Waals surface area contributed by atoms with Gasteiger partial charge in [0, 0.05) is 30.8 Å². The summed E-state index contributed by atoms with van der Waals surface area (Å²) in [7, 11) is 0. The molecule has 0 radical (unpaired) electrons. The summed E-state index contributed by atoms with van der Waals surface area (Å²) in [5.41, 5.74) is 2.21. The van der Waals surface area contributed by atoms with Crippen LogP contribution in [0.15, 0.2) is 42.6 Å². The molecule has 1 aromatic carbocycles. The van der Waals surface area contributed by atoms with E-state index >= 15 is 0 Å². The average Bonchev–Trinajstić information content (AvgIpc) is 2.64. The number of aryl methyl sites for hydroxylation is 1. The molecule has 0 unspecified atom stereocenters. The lowest BCUT2D eigenvalue weighted by Crippen LogP contribution is -2.37. The highest BCUT2D eigenvalue weighted by Crippen LogP contribution is 2.21. The summed E-state index contributed by atoms with van der Waals surface area (Å²) in [6, 6.07) is 10.4. The lowest BCUT2D eigenvalue weighted by Gasteiger charge is -2.31. The third kappa shape index (κ3) is 4.64. The number of amides is 1. The smallest absolute Gasteiger partial charge is 0.269 e. The molecule has 0 spiro atoms. The number of anilines is 1. The minimum atomic E-state index is -0.392. The summed E-state index contributed by atoms with van der Waals surface area (Å²) in [5.74, 6) is 0.608. The maximum atomic E-state index is 12.4. The molecule has 1 aliphatic rings. The molecule has 2 aromatic rings. The molecular formula is C19H22N4O3. The monoisotopic (exact) mass is 354 g/mol. The lowest BCUT2D eigenvalue weighted by molar-refractivity contribution is -0.384. The first kappa shape index (κ1) is 18.0. The number of likely N-dealkylation sites (tertiary alicyclic amines) is 1. The predicted molar refractivity (Wildman–Crippen MR) is 98.7 cm³/mol. The van der Waals surface area contributed by atoms with Crippen LogP contribution in [0.5, 0.6) is 0 Å². The van der Waals surface area contributed by atoms with Gasteiger partial charge in [0.15, 0.2) is 0 Å². The Bertz CT molecular complexity index is 766. The fourth-order valence-electron chi connectivity index (χ4n) is 3.10. The van der Waals surface area contributed by atoms with E-state index in [0.717, 1.165) is 43.6 Å². The number of pyridine rings is 1. The van der Waals surface area contributed by atoms with Crippen LogP contribution in [0.25, 0.3) is 0 Å². The highest BCUT2D eigenvalue weighted by Gasteiger charge is 2.25. The highest BCUT2D eigenvalue weighted by atomic mass is 16.6. The molecule has 26 heavy (non-hydrogen) atoms. The summed E-state index contributed by atoms with van der Waals surface area (Å²) in [4.78, 5) is 29.2. The highest BCUT2D eigenvalue weighted by molar-refractivity contribution is 5.91. The number of non-ortho nitro benzene ring substituents is 1. The van der Waals surface area contributed by atoms with Gasteiger partial charge in [0.2, 0.25) is 5.91 Å². The number of hydrogen-bond donors (Lipinski definition) is 1. The Morgan fingerprint density at radius 1 is 1.23 bits per heavy atom. The van der Waals surface area contributed by atoms with Crippen molar-refractivity contribution in [1.29, 1.82) is 0 Å². The zero-order valence-corrected chi connectivity index (χ0v) is 14.7. The van der Waals surface area contributed by atoms with Crippen LogP contribution >= 0.6 is 0 Å². The Kier molecular flexibility index (Phi) is 5.58. The maximum absolute atomic E-state index is 12.4. The minimum absolute atomic E-state index is 0.00814. The van der Waals surface area contributed by atoms with E-state index in [4.69, 9.17) is 0 Å². The molecule has 136 valence electrons. The molecule has 1 aliphatic heterocycles. The van der Waals surface area contributed by atoms with E-state index in [-0.39, 0.29) is 17.5 Å². The van der Waals surface area contributed by atoms with Crippen molar-refractivity contribution in [3.8, 4) is 0 Å². The van der Waals surface area contributed by atoms with Crippen molar-refractivity contribution in [1.82, 2.24) is 9.88 Å². The van der Waals surface area contributed by atoms with Crippen LogP contribution in [0.2, 0.25) is 0 Å². The molecule has 1 fully saturated rings. The molecule has 1 amide bonds. The summed E-state index contributed by atoms with van der Waals surface area (Å²) >= 11 is 0. The first-order chi connectivity index (χ1) is 12.5. The molecule has 2 heterocycles. The van der Waals surface area contributed by atoms with Crippen LogP contribution in [0, 0.1) is 23.0 Å². The van der Waals surface area contributed by atoms with E-state index in [2.05, 4.69) is 15.2 Å². The average molecular weight is 354 g/mol. The molecule has 0 atom stereocenters. The Labute approximate surface area is 152 Å². The van der Waals surface area contributed by atoms with E-state index in [1.165, 1.54) is 12.1 Å². The molecule has 3 rings (SSSR count). The zero-order valence-electron chi connectivity index (χ0n) is 14.7. The predicted octanol–water partition coefficient (Wildman–Crippen LogP) is 3.15. The van der Waals surface area contributed by atoms with E-state index < -0.39 is 4.92 Å². The second-order valence-electron chi connectivity index (χ2n) is 6.68. The Morgan fingerprint density at radius 2 is 1.92 bits per heavy atom. The van der Waals surface area contributed by atoms with Crippen LogP contribution in [0.3, 0.4) is 0 Å². The molecule has 0 aliphatic carbocycles. The number of aromatic nitrogens is 1. The van der Waals surface area contributed by atoms with Gasteiger partial charge in [0.25, 0.3) is 5.69 Å². The van der Waals surface area contributed by atoms with E-state index in [0.29, 0.717) is 5.82 Å². The number of nitro benzene ring substituents is 1. The van der Waals surface area contributed by atoms with Crippen molar-refractivity contribution in [3.05, 3.63) is 63.8 Å². The summed E-state index contributed by atoms with van der Waals surface area (Å²) < 4.78 is 0. The van der Waals surface area contributed by atoms with Gasteiger partial charge in [-0.15, -0.1) is 0 Å². The topological polar surface area (TPSA) is 88.4 Å². The van der Waals surface area contributed by atoms with Gasteiger partial charge in [0.1, 0.15) is 5.82 Å². The second-order valence-corrected chi connectivity index (χ2v) is 6.68. The molecule has 1 N–H and O–H groups in total. The fourth-order valence-corrected chi connectivity index (χ4v) is 3.10. The van der Waals surface area contributed by atoms with Crippen LogP contribution in [-0.2, 0) is 11.3 Å². The van der Waals surface area contributed by atoms with Crippen molar-refractivity contribution in [2.75, 3.05) is 18.4 Å². The number of nitrogens with zero attached hydrogens (tertiary/aromatic N) is 3.